The number of hydrogen-bond donors (Lipinski definition) is 1. The zero-order chi connectivity index (χ0) is 18.6. The molecule has 10 heteroatoms. The molecule has 8 nitrogen and oxygen atoms in total. The predicted octanol–water partition coefficient (Wildman–Crippen LogP) is 1.03. The van der Waals surface area contributed by atoms with E-state index in [0.717, 1.165) is 6.26 Å². The molecule has 1 saturated heterocycles. The molecule has 1 fully saturated rings. The summed E-state index contributed by atoms with van der Waals surface area (Å²) < 4.78 is 30.3. The van der Waals surface area contributed by atoms with Crippen molar-refractivity contribution in [3.8, 4) is 6.07 Å². The lowest BCUT2D eigenvalue weighted by Crippen LogP contribution is -2.30. The Hall–Kier alpha value is -2.22. The number of nitriles is 1. The van der Waals surface area contributed by atoms with Crippen LogP contribution in [0.25, 0.3) is 6.08 Å². The minimum absolute atomic E-state index is 0.0184. The number of furan rings is 1. The summed E-state index contributed by atoms with van der Waals surface area (Å²) in [6.07, 6.45) is 2.69. The molecular formula is C15H18N4O4S2. The lowest BCUT2D eigenvalue weighted by Gasteiger charge is -2.16. The van der Waals surface area contributed by atoms with Crippen molar-refractivity contribution in [1.82, 2.24) is 14.5 Å². The fourth-order valence-electron chi connectivity index (χ4n) is 2.27. The molecule has 2 rings (SSSR count). The number of nitrogens with one attached hydrogen (secondary N) is 1. The third-order valence-electron chi connectivity index (χ3n) is 3.52. The Labute approximate surface area is 151 Å². The average Bonchev–Trinajstić information content (AvgIpc) is 3.07. The third-order valence-corrected chi connectivity index (χ3v) is 5.09. The van der Waals surface area contributed by atoms with Gasteiger partial charge >= 0.3 is 0 Å². The highest BCUT2D eigenvalue weighted by atomic mass is 32.2. The number of thiocarbonyl (C=S) groups is 1. The maximum Gasteiger partial charge on any atom is 0.276 e. The maximum absolute atomic E-state index is 12.1. The van der Waals surface area contributed by atoms with Gasteiger partial charge in [-0.15, -0.1) is 0 Å². The van der Waals surface area contributed by atoms with E-state index in [1.165, 1.54) is 15.3 Å². The van der Waals surface area contributed by atoms with Crippen LogP contribution in [0.3, 0.4) is 0 Å². The van der Waals surface area contributed by atoms with Gasteiger partial charge in [0.05, 0.1) is 18.9 Å². The van der Waals surface area contributed by atoms with Gasteiger partial charge in [0, 0.05) is 25.6 Å². The van der Waals surface area contributed by atoms with Gasteiger partial charge in [-0.1, -0.05) is 0 Å². The number of amides is 1. The van der Waals surface area contributed by atoms with Gasteiger partial charge in [0.2, 0.25) is 10.0 Å². The molecule has 2 heterocycles. The fourth-order valence-corrected chi connectivity index (χ4v) is 3.38. The van der Waals surface area contributed by atoms with Gasteiger partial charge in [-0.25, -0.2) is 8.42 Å². The maximum atomic E-state index is 12.1. The number of carbonyl (C=O) groups is 1. The highest BCUT2D eigenvalue weighted by Crippen LogP contribution is 2.18. The minimum Gasteiger partial charge on any atom is -0.460 e. The molecule has 0 aliphatic carbocycles. The normalized spacial score (nSPS) is 16.6. The number of sulfonamides is 1. The molecule has 0 saturated carbocycles. The van der Waals surface area contributed by atoms with Crippen LogP contribution in [0.2, 0.25) is 0 Å². The summed E-state index contributed by atoms with van der Waals surface area (Å²) in [6.45, 7) is 2.39. The van der Waals surface area contributed by atoms with E-state index in [1.807, 2.05) is 13.0 Å². The molecule has 0 atom stereocenters. The summed E-state index contributed by atoms with van der Waals surface area (Å²) in [5, 5.41) is 11.8. The quantitative estimate of drug-likeness (QED) is 0.554. The Morgan fingerprint density at radius 2 is 2.20 bits per heavy atom. The van der Waals surface area contributed by atoms with E-state index in [9.17, 15) is 13.2 Å². The van der Waals surface area contributed by atoms with Crippen LogP contribution in [0.4, 0.5) is 0 Å². The van der Waals surface area contributed by atoms with Crippen molar-refractivity contribution in [2.75, 3.05) is 19.3 Å². The largest absolute Gasteiger partial charge is 0.460 e. The molecule has 1 aliphatic rings. The zero-order valence-corrected chi connectivity index (χ0v) is 15.5. The summed E-state index contributed by atoms with van der Waals surface area (Å²) in [5.74, 6) is 0.577. The van der Waals surface area contributed by atoms with Gasteiger partial charge in [0.25, 0.3) is 5.91 Å². The van der Waals surface area contributed by atoms with E-state index < -0.39 is 10.0 Å². The van der Waals surface area contributed by atoms with Crippen LogP contribution in [0.5, 0.6) is 0 Å². The summed E-state index contributed by atoms with van der Waals surface area (Å²) >= 11 is 5.08. The second-order valence-electron chi connectivity index (χ2n) is 5.35. The van der Waals surface area contributed by atoms with Gasteiger partial charge in [0.15, 0.2) is 5.11 Å². The molecule has 0 unspecified atom stereocenters. The monoisotopic (exact) mass is 382 g/mol. The standard InChI is InChI=1S/C15H18N4O4S2/c1-3-19-14(20)13(17-15(19)24)9-11-5-6-12(23-11)10-18(8-4-7-16)25(2,21)22/h5-6,9H,3-4,8,10H2,1-2H3,(H,17,24)/b13-9-. The van der Waals surface area contributed by atoms with Crippen molar-refractivity contribution in [2.45, 2.75) is 19.9 Å². The minimum atomic E-state index is -3.46. The smallest absolute Gasteiger partial charge is 0.276 e. The van der Waals surface area contributed by atoms with E-state index >= 15 is 0 Å². The van der Waals surface area contributed by atoms with E-state index in [0.29, 0.717) is 28.9 Å². The molecule has 1 aromatic heterocycles. The topological polar surface area (TPSA) is 107 Å². The fraction of sp³-hybridized carbons (Fsp3) is 0.400. The van der Waals surface area contributed by atoms with Gasteiger partial charge < -0.3 is 9.73 Å². The molecule has 25 heavy (non-hydrogen) atoms. The Kier molecular flexibility index (Phi) is 5.94. The van der Waals surface area contributed by atoms with Gasteiger partial charge in [-0.05, 0) is 31.3 Å². The van der Waals surface area contributed by atoms with Crippen LogP contribution < -0.4 is 5.32 Å². The SMILES string of the molecule is CCN1C(=O)/C(=C/c2ccc(CN(CCC#N)S(C)(=O)=O)o2)NC1=S. The third kappa shape index (κ3) is 4.66. The molecule has 0 bridgehead atoms. The highest BCUT2D eigenvalue weighted by Gasteiger charge is 2.29. The number of likely N-dealkylation sites (N-methyl/N-ethyl adjacent to an activating group) is 1. The Morgan fingerprint density at radius 1 is 1.48 bits per heavy atom. The number of carbonyl (C=O) groups excluding carboxylic acids is 1. The number of hydrogen-bond acceptors (Lipinski definition) is 6. The highest BCUT2D eigenvalue weighted by molar-refractivity contribution is 7.88. The van der Waals surface area contributed by atoms with Gasteiger partial charge in [-0.2, -0.15) is 9.57 Å². The molecule has 1 aliphatic heterocycles. The van der Waals surface area contributed by atoms with Crippen LogP contribution in [-0.2, 0) is 21.4 Å². The van der Waals surface area contributed by atoms with Crippen LogP contribution in [0.1, 0.15) is 24.9 Å². The van der Waals surface area contributed by atoms with Crippen molar-refractivity contribution < 1.29 is 17.6 Å². The van der Waals surface area contributed by atoms with Crippen LogP contribution in [0.15, 0.2) is 22.2 Å². The first-order chi connectivity index (χ1) is 11.8. The molecule has 0 spiro atoms. The molecule has 1 N–H and O–H groups in total. The van der Waals surface area contributed by atoms with Crippen molar-refractivity contribution in [1.29, 1.82) is 5.26 Å². The Bertz CT molecular complexity index is 851. The second-order valence-corrected chi connectivity index (χ2v) is 7.72. The molecular weight excluding hydrogens is 364 g/mol. The lowest BCUT2D eigenvalue weighted by molar-refractivity contribution is -0.122. The zero-order valence-electron chi connectivity index (χ0n) is 13.9. The molecule has 1 amide bonds. The van der Waals surface area contributed by atoms with Gasteiger partial charge in [-0.3, -0.25) is 9.69 Å². The van der Waals surface area contributed by atoms with Crippen molar-refractivity contribution in [3.05, 3.63) is 29.4 Å². The Morgan fingerprint density at radius 3 is 2.76 bits per heavy atom. The van der Waals surface area contributed by atoms with Crippen LogP contribution >= 0.6 is 12.2 Å². The van der Waals surface area contributed by atoms with Crippen molar-refractivity contribution >= 4 is 39.3 Å². The van der Waals surface area contributed by atoms with E-state index in [4.69, 9.17) is 21.9 Å². The first-order valence-corrected chi connectivity index (χ1v) is 9.77. The second kappa shape index (κ2) is 7.77. The predicted molar refractivity (Wildman–Crippen MR) is 95.3 cm³/mol. The number of nitrogens with zero attached hydrogens (tertiary/aromatic N) is 3. The van der Waals surface area contributed by atoms with E-state index in [2.05, 4.69) is 5.32 Å². The van der Waals surface area contributed by atoms with E-state index in [1.54, 1.807) is 12.1 Å². The summed E-state index contributed by atoms with van der Waals surface area (Å²) in [6, 6.07) is 5.19. The average molecular weight is 382 g/mol. The molecule has 0 radical (unpaired) electrons. The summed E-state index contributed by atoms with van der Waals surface area (Å²) in [7, 11) is -3.46. The summed E-state index contributed by atoms with van der Waals surface area (Å²) in [4.78, 5) is 13.6. The molecule has 1 aromatic rings. The first kappa shape index (κ1) is 19.1. The van der Waals surface area contributed by atoms with Gasteiger partial charge in [0.1, 0.15) is 17.2 Å². The van der Waals surface area contributed by atoms with Crippen LogP contribution in [-0.4, -0.2) is 48.0 Å². The number of rotatable bonds is 7. The summed E-state index contributed by atoms with van der Waals surface area (Å²) in [5.41, 5.74) is 0.303. The van der Waals surface area contributed by atoms with E-state index in [-0.39, 0.29) is 25.4 Å². The van der Waals surface area contributed by atoms with Crippen LogP contribution in [0, 0.1) is 11.3 Å². The lowest BCUT2D eigenvalue weighted by atomic mass is 10.3. The first-order valence-electron chi connectivity index (χ1n) is 7.51. The molecule has 134 valence electrons. The Balaban J connectivity index is 2.15. The molecule has 0 aromatic carbocycles. The van der Waals surface area contributed by atoms with Crippen molar-refractivity contribution in [2.24, 2.45) is 0 Å². The van der Waals surface area contributed by atoms with Crippen molar-refractivity contribution in [3.63, 3.8) is 0 Å².